The van der Waals surface area contributed by atoms with Crippen molar-refractivity contribution in [2.24, 2.45) is 0 Å². The van der Waals surface area contributed by atoms with E-state index in [1.807, 2.05) is 11.4 Å². The number of esters is 1. The number of hydrogen-bond acceptors (Lipinski definition) is 5. The maximum absolute atomic E-state index is 11.9. The number of rotatable bonds is 8. The molecule has 2 amide bonds. The Morgan fingerprint density at radius 1 is 1.12 bits per heavy atom. The monoisotopic (exact) mass is 360 g/mol. The van der Waals surface area contributed by atoms with E-state index in [0.717, 1.165) is 12.8 Å². The first-order valence-corrected chi connectivity index (χ1v) is 8.74. The van der Waals surface area contributed by atoms with Crippen molar-refractivity contribution >= 4 is 34.8 Å². The molecule has 1 aromatic heterocycles. The number of anilines is 1. The topological polar surface area (TPSA) is 84.5 Å². The molecule has 7 heteroatoms. The van der Waals surface area contributed by atoms with Crippen LogP contribution in [0.4, 0.5) is 5.69 Å². The largest absolute Gasteiger partial charge is 0.468 e. The number of benzene rings is 1. The number of nitrogens with one attached hydrogen (secondary N) is 2. The van der Waals surface area contributed by atoms with Gasteiger partial charge < -0.3 is 15.4 Å². The second-order valence-corrected chi connectivity index (χ2v) is 6.35. The highest BCUT2D eigenvalue weighted by Crippen LogP contribution is 2.13. The lowest BCUT2D eigenvalue weighted by molar-refractivity contribution is -0.139. The molecule has 2 aromatic rings. The van der Waals surface area contributed by atoms with Gasteiger partial charge in [-0.1, -0.05) is 6.07 Å². The SMILES string of the molecule is COC(=O)CNC(=O)c1ccc(NC(=O)CCCc2cccs2)cc1. The molecule has 0 aliphatic carbocycles. The van der Waals surface area contributed by atoms with Gasteiger partial charge in [-0.05, 0) is 48.6 Å². The molecule has 0 saturated carbocycles. The van der Waals surface area contributed by atoms with Crippen molar-refractivity contribution in [1.29, 1.82) is 0 Å². The molecular formula is C18H20N2O4S. The van der Waals surface area contributed by atoms with Crippen molar-refractivity contribution in [3.63, 3.8) is 0 Å². The van der Waals surface area contributed by atoms with E-state index in [1.54, 1.807) is 35.6 Å². The molecule has 6 nitrogen and oxygen atoms in total. The fraction of sp³-hybridized carbons (Fsp3) is 0.278. The summed E-state index contributed by atoms with van der Waals surface area (Å²) >= 11 is 1.69. The van der Waals surface area contributed by atoms with Crippen LogP contribution < -0.4 is 10.6 Å². The molecule has 0 fully saturated rings. The number of carbonyl (C=O) groups excluding carboxylic acids is 3. The van der Waals surface area contributed by atoms with Crippen molar-refractivity contribution in [1.82, 2.24) is 5.32 Å². The molecule has 0 spiro atoms. The van der Waals surface area contributed by atoms with Gasteiger partial charge in [-0.15, -0.1) is 11.3 Å². The predicted octanol–water partition coefficient (Wildman–Crippen LogP) is 2.61. The molecule has 0 saturated heterocycles. The standard InChI is InChI=1S/C18H20N2O4S/c1-24-17(22)12-19-18(23)13-7-9-14(10-8-13)20-16(21)6-2-4-15-5-3-11-25-15/h3,5,7-11H,2,4,6,12H2,1H3,(H,19,23)(H,20,21). The average molecular weight is 360 g/mol. The van der Waals surface area contributed by atoms with Gasteiger partial charge in [-0.3, -0.25) is 14.4 Å². The minimum atomic E-state index is -0.514. The summed E-state index contributed by atoms with van der Waals surface area (Å²) in [4.78, 5) is 36.1. The summed E-state index contributed by atoms with van der Waals surface area (Å²) in [6.45, 7) is -0.182. The molecule has 2 N–H and O–H groups in total. The van der Waals surface area contributed by atoms with Crippen LogP contribution in [-0.4, -0.2) is 31.4 Å². The summed E-state index contributed by atoms with van der Waals surface area (Å²) in [6.07, 6.45) is 2.13. The zero-order valence-electron chi connectivity index (χ0n) is 13.9. The van der Waals surface area contributed by atoms with E-state index in [0.29, 0.717) is 17.7 Å². The molecular weight excluding hydrogens is 340 g/mol. The Hall–Kier alpha value is -2.67. The summed E-state index contributed by atoms with van der Waals surface area (Å²) in [5.41, 5.74) is 1.03. The quantitative estimate of drug-likeness (QED) is 0.709. The van der Waals surface area contributed by atoms with E-state index >= 15 is 0 Å². The number of thiophene rings is 1. The van der Waals surface area contributed by atoms with E-state index in [-0.39, 0.29) is 18.4 Å². The fourth-order valence-electron chi connectivity index (χ4n) is 2.13. The Bertz CT molecular complexity index is 711. The molecule has 0 aliphatic heterocycles. The van der Waals surface area contributed by atoms with Crippen molar-refractivity contribution in [2.75, 3.05) is 19.0 Å². The highest BCUT2D eigenvalue weighted by molar-refractivity contribution is 7.09. The molecule has 25 heavy (non-hydrogen) atoms. The van der Waals surface area contributed by atoms with Gasteiger partial charge in [0.15, 0.2) is 0 Å². The van der Waals surface area contributed by atoms with Crippen LogP contribution in [0.25, 0.3) is 0 Å². The molecule has 0 atom stereocenters. The van der Waals surface area contributed by atoms with Crippen molar-refractivity contribution in [2.45, 2.75) is 19.3 Å². The molecule has 2 rings (SSSR count). The number of amides is 2. The first-order valence-electron chi connectivity index (χ1n) is 7.86. The van der Waals surface area contributed by atoms with Gasteiger partial charge in [0.1, 0.15) is 6.54 Å². The van der Waals surface area contributed by atoms with Gasteiger partial charge in [-0.2, -0.15) is 0 Å². The zero-order valence-corrected chi connectivity index (χ0v) is 14.7. The van der Waals surface area contributed by atoms with E-state index in [9.17, 15) is 14.4 Å². The second-order valence-electron chi connectivity index (χ2n) is 5.32. The summed E-state index contributed by atoms with van der Waals surface area (Å²) < 4.78 is 4.45. The lowest BCUT2D eigenvalue weighted by Gasteiger charge is -2.07. The molecule has 0 radical (unpaired) electrons. The Morgan fingerprint density at radius 2 is 1.88 bits per heavy atom. The Balaban J connectivity index is 1.76. The van der Waals surface area contributed by atoms with E-state index < -0.39 is 5.97 Å². The smallest absolute Gasteiger partial charge is 0.325 e. The molecule has 0 unspecified atom stereocenters. The van der Waals surface area contributed by atoms with Crippen LogP contribution in [0.5, 0.6) is 0 Å². The lowest BCUT2D eigenvalue weighted by Crippen LogP contribution is -2.30. The van der Waals surface area contributed by atoms with E-state index in [4.69, 9.17) is 0 Å². The van der Waals surface area contributed by atoms with Crippen LogP contribution in [0, 0.1) is 0 Å². The summed E-state index contributed by atoms with van der Waals surface area (Å²) in [6, 6.07) is 10.6. The zero-order chi connectivity index (χ0) is 18.1. The summed E-state index contributed by atoms with van der Waals surface area (Å²) in [5.74, 6) is -0.946. The van der Waals surface area contributed by atoms with Crippen LogP contribution >= 0.6 is 11.3 Å². The minimum absolute atomic E-state index is 0.0561. The van der Waals surface area contributed by atoms with Crippen molar-refractivity contribution in [3.8, 4) is 0 Å². The molecule has 1 aromatic carbocycles. The maximum Gasteiger partial charge on any atom is 0.325 e. The lowest BCUT2D eigenvalue weighted by atomic mass is 10.1. The van der Waals surface area contributed by atoms with Crippen LogP contribution in [0.15, 0.2) is 41.8 Å². The third kappa shape index (κ3) is 6.39. The minimum Gasteiger partial charge on any atom is -0.468 e. The average Bonchev–Trinajstić information content (AvgIpc) is 3.13. The Kier molecular flexibility index (Phi) is 7.16. The maximum atomic E-state index is 11.9. The molecule has 1 heterocycles. The number of ether oxygens (including phenoxy) is 1. The molecule has 0 aliphatic rings. The second kappa shape index (κ2) is 9.58. The van der Waals surface area contributed by atoms with Gasteiger partial charge >= 0.3 is 5.97 Å². The first kappa shape index (κ1) is 18.7. The first-order chi connectivity index (χ1) is 12.1. The third-order valence-electron chi connectivity index (χ3n) is 3.46. The van der Waals surface area contributed by atoms with Crippen molar-refractivity contribution < 1.29 is 19.1 Å². The van der Waals surface area contributed by atoms with Crippen LogP contribution in [0.2, 0.25) is 0 Å². The number of hydrogen-bond donors (Lipinski definition) is 2. The third-order valence-corrected chi connectivity index (χ3v) is 4.40. The Labute approximate surface area is 150 Å². The van der Waals surface area contributed by atoms with Crippen molar-refractivity contribution in [3.05, 3.63) is 52.2 Å². The Morgan fingerprint density at radius 3 is 2.52 bits per heavy atom. The van der Waals surface area contributed by atoms with Crippen LogP contribution in [0.1, 0.15) is 28.1 Å². The summed E-state index contributed by atoms with van der Waals surface area (Å²) in [5, 5.41) is 7.28. The van der Waals surface area contributed by atoms with Gasteiger partial charge in [0.05, 0.1) is 7.11 Å². The number of carbonyl (C=O) groups is 3. The van der Waals surface area contributed by atoms with Gasteiger partial charge in [-0.25, -0.2) is 0 Å². The highest BCUT2D eigenvalue weighted by atomic mass is 32.1. The molecule has 132 valence electrons. The fourth-order valence-corrected chi connectivity index (χ4v) is 2.88. The van der Waals surface area contributed by atoms with Crippen LogP contribution in [0.3, 0.4) is 0 Å². The van der Waals surface area contributed by atoms with E-state index in [1.165, 1.54) is 12.0 Å². The van der Waals surface area contributed by atoms with Gasteiger partial charge in [0.2, 0.25) is 5.91 Å². The van der Waals surface area contributed by atoms with Gasteiger partial charge in [0, 0.05) is 22.5 Å². The van der Waals surface area contributed by atoms with Crippen LogP contribution in [-0.2, 0) is 20.7 Å². The normalized spacial score (nSPS) is 10.1. The highest BCUT2D eigenvalue weighted by Gasteiger charge is 2.09. The number of aryl methyl sites for hydroxylation is 1. The molecule has 0 bridgehead atoms. The summed E-state index contributed by atoms with van der Waals surface area (Å²) in [7, 11) is 1.26. The number of methoxy groups -OCH3 is 1. The van der Waals surface area contributed by atoms with Gasteiger partial charge in [0.25, 0.3) is 5.91 Å². The van der Waals surface area contributed by atoms with E-state index in [2.05, 4.69) is 21.4 Å². The predicted molar refractivity (Wildman–Crippen MR) is 96.7 cm³/mol.